The number of hydrogen-bond acceptors (Lipinski definition) is 1. The Morgan fingerprint density at radius 1 is 1.20 bits per heavy atom. The Morgan fingerprint density at radius 3 is 1.20 bits per heavy atom. The van der Waals surface area contributed by atoms with Gasteiger partial charge in [-0.1, -0.05) is 0 Å². The van der Waals surface area contributed by atoms with Crippen LogP contribution in [0.3, 0.4) is 0 Å². The normalized spacial score (nSPS) is 0.800. The van der Waals surface area contributed by atoms with Gasteiger partial charge < -0.3 is 2.85 Å². The fourth-order valence-corrected chi connectivity index (χ4v) is 0. The molecule has 0 N–H and O–H groups in total. The standard InChI is InChI=1S/2Li.Mn.Ni.O.2H/q2*+1;;;;2*-1. The Labute approximate surface area is 76.3 Å². The van der Waals surface area contributed by atoms with Gasteiger partial charge in [0.1, 0.15) is 0 Å². The van der Waals surface area contributed by atoms with Gasteiger partial charge in [-0.3, -0.25) is 0 Å². The molecule has 0 aliphatic carbocycles. The second kappa shape index (κ2) is 37.4. The van der Waals surface area contributed by atoms with E-state index >= 15 is 0 Å². The van der Waals surface area contributed by atoms with E-state index in [-0.39, 0.29) is 57.1 Å². The van der Waals surface area contributed by atoms with E-state index in [1.54, 1.807) is 15.9 Å². The molecule has 0 aromatic rings. The van der Waals surface area contributed by atoms with Crippen molar-refractivity contribution in [2.75, 3.05) is 0 Å². The molecule has 0 rings (SSSR count). The zero-order chi connectivity index (χ0) is 2.00. The second-order valence-corrected chi connectivity index (χ2v) is 0. The van der Waals surface area contributed by atoms with E-state index < -0.39 is 0 Å². The van der Waals surface area contributed by atoms with Crippen molar-refractivity contribution in [3.05, 3.63) is 0 Å². The van der Waals surface area contributed by atoms with Crippen molar-refractivity contribution in [1.82, 2.24) is 0 Å². The van der Waals surface area contributed by atoms with Crippen LogP contribution in [0.4, 0.5) is 0 Å². The first kappa shape index (κ1) is 28.0. The Kier molecular flexibility index (Phi) is 209. The van der Waals surface area contributed by atoms with Crippen LogP contribution >= 0.6 is 0 Å². The molecule has 0 aromatic carbocycles. The minimum absolute atomic E-state index is 0. The number of rotatable bonds is 0. The summed E-state index contributed by atoms with van der Waals surface area (Å²) >= 11 is 1.69. The fourth-order valence-electron chi connectivity index (χ4n) is 0. The molecule has 27 valence electrons. The van der Waals surface area contributed by atoms with Crippen LogP contribution in [0, 0.1) is 0 Å². The van der Waals surface area contributed by atoms with Crippen molar-refractivity contribution in [1.29, 1.82) is 0 Å². The maximum atomic E-state index is 8.06. The van der Waals surface area contributed by atoms with Crippen LogP contribution in [0.1, 0.15) is 2.85 Å². The summed E-state index contributed by atoms with van der Waals surface area (Å²) in [5.74, 6) is 0. The van der Waals surface area contributed by atoms with Crippen molar-refractivity contribution in [3.63, 3.8) is 0 Å². The molecular weight excluding hydrogens is 144 g/mol. The van der Waals surface area contributed by atoms with E-state index in [0.717, 1.165) is 0 Å². The monoisotopic (exact) mass is 145 g/mol. The average molecular weight is 146 g/mol. The third kappa shape index (κ3) is 23.9. The topological polar surface area (TPSA) is 17.1 Å². The fraction of sp³-hybridized carbons (Fsp3) is 0. The molecule has 0 heterocycles. The zero-order valence-corrected chi connectivity index (χ0v) is 5.27. The first-order chi connectivity index (χ1) is 1.00. The molecule has 0 aliphatic rings. The third-order valence-electron chi connectivity index (χ3n) is 0. The van der Waals surface area contributed by atoms with Crippen molar-refractivity contribution < 1.29 is 76.8 Å². The molecule has 0 saturated heterocycles. The minimum atomic E-state index is 0. The molecule has 0 radical (unpaired) electrons. The molecule has 1 nitrogen and oxygen atoms in total. The van der Waals surface area contributed by atoms with Gasteiger partial charge in [0.05, 0.1) is 0 Å². The van der Waals surface area contributed by atoms with E-state index in [1.807, 2.05) is 0 Å². The average Bonchev–Trinajstić information content (AvgIpc) is 1.00. The molecular formula is H2Li2MnNiO. The van der Waals surface area contributed by atoms with Crippen LogP contribution in [-0.2, 0) is 36.3 Å². The third-order valence-corrected chi connectivity index (χ3v) is 0. The van der Waals surface area contributed by atoms with Gasteiger partial charge in [-0.05, 0) is 0 Å². The van der Waals surface area contributed by atoms with E-state index in [9.17, 15) is 0 Å². The van der Waals surface area contributed by atoms with Crippen LogP contribution in [0.25, 0.3) is 0 Å². The van der Waals surface area contributed by atoms with E-state index in [2.05, 4.69) is 0 Å². The quantitative estimate of drug-likeness (QED) is 0.311. The summed E-state index contributed by atoms with van der Waals surface area (Å²) in [6, 6.07) is 0. The Morgan fingerprint density at radius 2 is 1.20 bits per heavy atom. The van der Waals surface area contributed by atoms with Gasteiger partial charge in [-0.2, -0.15) is 0 Å². The summed E-state index contributed by atoms with van der Waals surface area (Å²) in [7, 11) is 0. The maximum absolute atomic E-state index is 8.06. The Hall–Kier alpha value is 2.01. The molecule has 0 saturated carbocycles. The van der Waals surface area contributed by atoms with Gasteiger partial charge in [0.2, 0.25) is 0 Å². The Balaban J connectivity index is -0.000000000500. The molecule has 0 aromatic heterocycles. The molecule has 0 spiro atoms. The van der Waals surface area contributed by atoms with Gasteiger partial charge >= 0.3 is 57.5 Å². The van der Waals surface area contributed by atoms with Crippen molar-refractivity contribution in [3.8, 4) is 0 Å². The molecule has 5 heavy (non-hydrogen) atoms. The van der Waals surface area contributed by atoms with Gasteiger partial charge in [-0.15, -0.1) is 0 Å². The molecule has 0 atom stereocenters. The zero-order valence-electron chi connectivity index (χ0n) is 5.10. The van der Waals surface area contributed by atoms with Crippen LogP contribution < -0.4 is 37.7 Å². The first-order valence-electron chi connectivity index (χ1n) is 0.154. The van der Waals surface area contributed by atoms with Crippen molar-refractivity contribution in [2.45, 2.75) is 0 Å². The number of hydrogen-bond donors (Lipinski definition) is 0. The molecule has 0 amide bonds. The van der Waals surface area contributed by atoms with Gasteiger partial charge in [0.25, 0.3) is 0 Å². The van der Waals surface area contributed by atoms with Crippen molar-refractivity contribution in [2.24, 2.45) is 0 Å². The summed E-state index contributed by atoms with van der Waals surface area (Å²) < 4.78 is 8.06. The summed E-state index contributed by atoms with van der Waals surface area (Å²) in [6.45, 7) is 0. The van der Waals surface area contributed by atoms with Crippen LogP contribution in [0.15, 0.2) is 0 Å². The summed E-state index contributed by atoms with van der Waals surface area (Å²) in [4.78, 5) is 0. The van der Waals surface area contributed by atoms with Crippen LogP contribution in [0.2, 0.25) is 0 Å². The Bertz CT molecular complexity index is 15.7. The van der Waals surface area contributed by atoms with Crippen LogP contribution in [0.5, 0.6) is 0 Å². The van der Waals surface area contributed by atoms with Crippen molar-refractivity contribution >= 4 is 0 Å². The summed E-state index contributed by atoms with van der Waals surface area (Å²) in [5.41, 5.74) is 0. The molecule has 0 fully saturated rings. The second-order valence-electron chi connectivity index (χ2n) is 0. The van der Waals surface area contributed by atoms with Crippen LogP contribution in [-0.4, -0.2) is 0 Å². The van der Waals surface area contributed by atoms with E-state index in [1.165, 1.54) is 0 Å². The summed E-state index contributed by atoms with van der Waals surface area (Å²) in [6.07, 6.45) is 0. The van der Waals surface area contributed by atoms with E-state index in [0.29, 0.717) is 0 Å². The molecule has 5 heteroatoms. The predicted octanol–water partition coefficient (Wildman–Crippen LogP) is -5.89. The molecule has 0 aliphatic heterocycles. The molecule has 0 bridgehead atoms. The SMILES string of the molecule is [H-].[H-].[Li+].[Li+].[Ni].[O]=[Mn]. The first-order valence-corrected chi connectivity index (χ1v) is 0.636. The summed E-state index contributed by atoms with van der Waals surface area (Å²) in [5, 5.41) is 0. The van der Waals surface area contributed by atoms with Gasteiger partial charge in [-0.25, -0.2) is 0 Å². The van der Waals surface area contributed by atoms with E-state index in [4.69, 9.17) is 3.83 Å². The predicted molar refractivity (Wildman–Crippen MR) is 2.91 cm³/mol. The van der Waals surface area contributed by atoms with Gasteiger partial charge in [0.15, 0.2) is 0 Å². The molecule has 0 unspecified atom stereocenters. The van der Waals surface area contributed by atoms with Gasteiger partial charge in [0, 0.05) is 16.5 Å².